The highest BCUT2D eigenvalue weighted by Gasteiger charge is 2.20. The first-order valence-corrected chi connectivity index (χ1v) is 10.3. The van der Waals surface area contributed by atoms with E-state index in [4.69, 9.17) is 0 Å². The lowest BCUT2D eigenvalue weighted by Gasteiger charge is -2.23. The van der Waals surface area contributed by atoms with Gasteiger partial charge in [-0.1, -0.05) is 127 Å². The fourth-order valence-electron chi connectivity index (χ4n) is 2.75. The Morgan fingerprint density at radius 2 is 1.00 bits per heavy atom. The Morgan fingerprint density at radius 1 is 0.619 bits per heavy atom. The second-order valence-corrected chi connectivity index (χ2v) is 5.06. The summed E-state index contributed by atoms with van der Waals surface area (Å²) in [6, 6.07) is 0. The predicted octanol–water partition coefficient (Wildman–Crippen LogP) is 8.89. The first kappa shape index (κ1) is 29.1. The second-order valence-electron chi connectivity index (χ2n) is 5.06. The molecule has 0 N–H and O–H groups in total. The summed E-state index contributed by atoms with van der Waals surface area (Å²) in [6.45, 7) is 21.0. The number of hydrogen-bond acceptors (Lipinski definition) is 0. The molecule has 0 spiro atoms. The van der Waals surface area contributed by atoms with Crippen molar-refractivity contribution in [3.8, 4) is 0 Å². The van der Waals surface area contributed by atoms with Crippen molar-refractivity contribution < 1.29 is 0 Å². The second kappa shape index (κ2) is 32.1. The van der Waals surface area contributed by atoms with Gasteiger partial charge in [-0.3, -0.25) is 0 Å². The number of hydrogen-bond donors (Lipinski definition) is 0. The van der Waals surface area contributed by atoms with Crippen LogP contribution in [0.1, 0.15) is 127 Å². The molecule has 0 aromatic heterocycles. The van der Waals surface area contributed by atoms with Crippen molar-refractivity contribution in [2.45, 2.75) is 127 Å². The van der Waals surface area contributed by atoms with Crippen LogP contribution >= 0.6 is 0 Å². The van der Waals surface area contributed by atoms with Gasteiger partial charge in [-0.2, -0.15) is 0 Å². The summed E-state index contributed by atoms with van der Waals surface area (Å²) in [5, 5.41) is 0. The summed E-state index contributed by atoms with van der Waals surface area (Å²) in [5.41, 5.74) is 0. The van der Waals surface area contributed by atoms with Gasteiger partial charge in [0.25, 0.3) is 0 Å². The molecule has 21 heavy (non-hydrogen) atoms. The van der Waals surface area contributed by atoms with E-state index in [2.05, 4.69) is 27.7 Å². The fourth-order valence-corrected chi connectivity index (χ4v) is 2.75. The van der Waals surface area contributed by atoms with Crippen molar-refractivity contribution in [3.05, 3.63) is 0 Å². The molecule has 2 atom stereocenters. The zero-order valence-electron chi connectivity index (χ0n) is 17.5. The molecular formula is C21H50. The van der Waals surface area contributed by atoms with E-state index in [9.17, 15) is 0 Å². The molecule has 1 saturated carbocycles. The molecule has 2 unspecified atom stereocenters. The van der Waals surface area contributed by atoms with Gasteiger partial charge in [0.05, 0.1) is 0 Å². The van der Waals surface area contributed by atoms with Crippen molar-refractivity contribution in [2.24, 2.45) is 11.8 Å². The molecule has 0 nitrogen and oxygen atoms in total. The summed E-state index contributed by atoms with van der Waals surface area (Å²) in [6.07, 6.45) is 13.1. The molecule has 0 saturated heterocycles. The maximum atomic E-state index is 2.37. The predicted molar refractivity (Wildman–Crippen MR) is 105 cm³/mol. The van der Waals surface area contributed by atoms with Gasteiger partial charge >= 0.3 is 0 Å². The van der Waals surface area contributed by atoms with E-state index in [1.165, 1.54) is 57.8 Å². The minimum absolute atomic E-state index is 1.06. The number of rotatable bonds is 3. The highest BCUT2D eigenvalue weighted by molar-refractivity contribution is 4.72. The van der Waals surface area contributed by atoms with Crippen LogP contribution in [-0.2, 0) is 0 Å². The Hall–Kier alpha value is 0. The molecule has 0 heteroatoms. The summed E-state index contributed by atoms with van der Waals surface area (Å²) >= 11 is 0. The maximum absolute atomic E-state index is 2.37. The van der Waals surface area contributed by atoms with E-state index >= 15 is 0 Å². The molecule has 1 fully saturated rings. The van der Waals surface area contributed by atoms with Gasteiger partial charge in [0.2, 0.25) is 0 Å². The standard InChI is InChI=1S/C12H24.C3H8.3C2H6/c1-3-8-12-10-7-5-6-9-11(12)4-2;1-3-2;3*1-2/h11-12H,3-10H2,1-2H3;3H2,1-2H3;3*1-2H3. The minimum atomic E-state index is 1.06. The molecule has 1 rings (SSSR count). The maximum Gasteiger partial charge on any atom is -0.0386 e. The van der Waals surface area contributed by atoms with E-state index in [-0.39, 0.29) is 0 Å². The first-order chi connectivity index (χ1) is 10.3. The van der Waals surface area contributed by atoms with Crippen LogP contribution in [0.3, 0.4) is 0 Å². The van der Waals surface area contributed by atoms with Crippen LogP contribution in [0.2, 0.25) is 0 Å². The Kier molecular flexibility index (Phi) is 44.4. The third-order valence-corrected chi connectivity index (χ3v) is 3.50. The van der Waals surface area contributed by atoms with E-state index in [1.54, 1.807) is 0 Å². The summed E-state index contributed by atoms with van der Waals surface area (Å²) in [4.78, 5) is 0. The summed E-state index contributed by atoms with van der Waals surface area (Å²) < 4.78 is 0. The van der Waals surface area contributed by atoms with Gasteiger partial charge in [-0.05, 0) is 11.8 Å². The average molecular weight is 303 g/mol. The van der Waals surface area contributed by atoms with E-state index in [0.717, 1.165) is 11.8 Å². The van der Waals surface area contributed by atoms with Gasteiger partial charge in [0.15, 0.2) is 0 Å². The smallest absolute Gasteiger partial charge is 0.0386 e. The molecule has 0 amide bonds. The molecular weight excluding hydrogens is 252 g/mol. The van der Waals surface area contributed by atoms with E-state index in [0.29, 0.717) is 0 Å². The van der Waals surface area contributed by atoms with Crippen LogP contribution < -0.4 is 0 Å². The van der Waals surface area contributed by atoms with Crippen LogP contribution in [0.15, 0.2) is 0 Å². The highest BCUT2D eigenvalue weighted by atomic mass is 14.3. The first-order valence-electron chi connectivity index (χ1n) is 10.3. The fraction of sp³-hybridized carbons (Fsp3) is 1.00. The minimum Gasteiger partial charge on any atom is -0.0683 e. The van der Waals surface area contributed by atoms with Crippen LogP contribution in [0.4, 0.5) is 0 Å². The largest absolute Gasteiger partial charge is 0.0683 e. The molecule has 0 aliphatic heterocycles. The molecule has 0 aromatic rings. The Balaban J connectivity index is -0.000000136. The summed E-state index contributed by atoms with van der Waals surface area (Å²) in [7, 11) is 0. The average Bonchev–Trinajstić information content (AvgIpc) is 2.79. The summed E-state index contributed by atoms with van der Waals surface area (Å²) in [5.74, 6) is 2.13. The lowest BCUT2D eigenvalue weighted by atomic mass is 9.83. The third kappa shape index (κ3) is 22.4. The van der Waals surface area contributed by atoms with Crippen molar-refractivity contribution in [3.63, 3.8) is 0 Å². The normalized spacial score (nSPS) is 19.7. The van der Waals surface area contributed by atoms with Gasteiger partial charge in [-0.15, -0.1) is 0 Å². The van der Waals surface area contributed by atoms with Crippen molar-refractivity contribution >= 4 is 0 Å². The van der Waals surface area contributed by atoms with E-state index in [1.807, 2.05) is 41.5 Å². The van der Waals surface area contributed by atoms with Gasteiger partial charge in [-0.25, -0.2) is 0 Å². The molecule has 0 bridgehead atoms. The van der Waals surface area contributed by atoms with Crippen LogP contribution in [-0.4, -0.2) is 0 Å². The van der Waals surface area contributed by atoms with Gasteiger partial charge < -0.3 is 0 Å². The third-order valence-electron chi connectivity index (χ3n) is 3.50. The Labute approximate surface area is 139 Å². The Bertz CT molecular complexity index is 117. The van der Waals surface area contributed by atoms with Crippen LogP contribution in [0.25, 0.3) is 0 Å². The quantitative estimate of drug-likeness (QED) is 0.456. The van der Waals surface area contributed by atoms with Crippen LogP contribution in [0.5, 0.6) is 0 Å². The van der Waals surface area contributed by atoms with Gasteiger partial charge in [0, 0.05) is 0 Å². The van der Waals surface area contributed by atoms with Gasteiger partial charge in [0.1, 0.15) is 0 Å². The van der Waals surface area contributed by atoms with Crippen LogP contribution in [0, 0.1) is 11.8 Å². The zero-order valence-corrected chi connectivity index (χ0v) is 17.5. The molecule has 1 aliphatic rings. The van der Waals surface area contributed by atoms with Crippen molar-refractivity contribution in [1.29, 1.82) is 0 Å². The molecule has 0 heterocycles. The monoisotopic (exact) mass is 302 g/mol. The molecule has 134 valence electrons. The van der Waals surface area contributed by atoms with Crippen molar-refractivity contribution in [2.75, 3.05) is 0 Å². The highest BCUT2D eigenvalue weighted by Crippen LogP contribution is 2.33. The van der Waals surface area contributed by atoms with E-state index < -0.39 is 0 Å². The molecule has 1 aliphatic carbocycles. The lowest BCUT2D eigenvalue weighted by molar-refractivity contribution is 0.284. The molecule has 0 aromatic carbocycles. The topological polar surface area (TPSA) is 0 Å². The Morgan fingerprint density at radius 3 is 1.33 bits per heavy atom. The lowest BCUT2D eigenvalue weighted by Crippen LogP contribution is -2.12. The molecule has 0 radical (unpaired) electrons. The van der Waals surface area contributed by atoms with Crippen molar-refractivity contribution in [1.82, 2.24) is 0 Å². The zero-order chi connectivity index (χ0) is 17.5. The SMILES string of the molecule is CC.CC.CC.CCC.CCCC1CCCCCC1CC.